The summed E-state index contributed by atoms with van der Waals surface area (Å²) in [5.74, 6) is 0.152. The van der Waals surface area contributed by atoms with Crippen LogP contribution in [0.1, 0.15) is 35.7 Å². The minimum atomic E-state index is -3.72. The molecule has 200 valence electrons. The highest BCUT2D eigenvalue weighted by Gasteiger charge is 2.23. The molecule has 2 aromatic rings. The molecule has 2 fully saturated rings. The second kappa shape index (κ2) is 12.0. The average Bonchev–Trinajstić information content (AvgIpc) is 2.90. The molecule has 4 rings (SSSR count). The van der Waals surface area contributed by atoms with Crippen molar-refractivity contribution < 1.29 is 22.7 Å². The molecule has 37 heavy (non-hydrogen) atoms. The third kappa shape index (κ3) is 7.23. The fourth-order valence-electron chi connectivity index (χ4n) is 4.75. The van der Waals surface area contributed by atoms with Gasteiger partial charge in [0.1, 0.15) is 6.54 Å². The molecule has 0 aliphatic carbocycles. The first-order valence-corrected chi connectivity index (χ1v) is 14.6. The number of nitrogens with one attached hydrogen (secondary N) is 1. The van der Waals surface area contributed by atoms with Gasteiger partial charge in [0.05, 0.1) is 25.2 Å². The summed E-state index contributed by atoms with van der Waals surface area (Å²) in [6.07, 6.45) is 3.53. The van der Waals surface area contributed by atoms with E-state index in [0.717, 1.165) is 29.2 Å². The molecule has 2 amide bonds. The van der Waals surface area contributed by atoms with E-state index in [4.69, 9.17) is 4.74 Å². The van der Waals surface area contributed by atoms with Crippen LogP contribution in [0.25, 0.3) is 0 Å². The van der Waals surface area contributed by atoms with Gasteiger partial charge >= 0.3 is 0 Å². The van der Waals surface area contributed by atoms with Gasteiger partial charge in [0.2, 0.25) is 15.9 Å². The highest BCUT2D eigenvalue weighted by atomic mass is 32.2. The van der Waals surface area contributed by atoms with Gasteiger partial charge in [0, 0.05) is 44.0 Å². The number of hydrogen-bond donors (Lipinski definition) is 1. The molecule has 0 aromatic heterocycles. The standard InChI is InChI=1S/C27H36N4O5S/c1-21-4-3-13-30(19-21)24-9-5-22(6-10-24)18-28-26(32)20-31(37(2,34)35)25-11-7-23(8-12-25)27(33)29-14-16-36-17-15-29/h5-12,21H,3-4,13-20H2,1-2H3,(H,28,32). The lowest BCUT2D eigenvalue weighted by molar-refractivity contribution is -0.119. The second-order valence-corrected chi connectivity index (χ2v) is 11.8. The second-order valence-electron chi connectivity index (χ2n) is 9.86. The van der Waals surface area contributed by atoms with Gasteiger partial charge in [-0.1, -0.05) is 19.1 Å². The molecule has 2 heterocycles. The Labute approximate surface area is 219 Å². The zero-order valence-electron chi connectivity index (χ0n) is 21.6. The lowest BCUT2D eigenvalue weighted by Crippen LogP contribution is -2.41. The van der Waals surface area contributed by atoms with Crippen LogP contribution in [-0.4, -0.2) is 77.3 Å². The highest BCUT2D eigenvalue weighted by Crippen LogP contribution is 2.23. The van der Waals surface area contributed by atoms with E-state index in [1.54, 1.807) is 29.2 Å². The predicted octanol–water partition coefficient (Wildman–Crippen LogP) is 2.48. The van der Waals surface area contributed by atoms with Crippen molar-refractivity contribution in [2.45, 2.75) is 26.3 Å². The summed E-state index contributed by atoms with van der Waals surface area (Å²) in [6, 6.07) is 14.4. The van der Waals surface area contributed by atoms with Crippen molar-refractivity contribution in [1.82, 2.24) is 10.2 Å². The Morgan fingerprint density at radius 1 is 1.03 bits per heavy atom. The molecule has 2 aliphatic rings. The van der Waals surface area contributed by atoms with E-state index in [9.17, 15) is 18.0 Å². The molecule has 1 atom stereocenters. The Hall–Kier alpha value is -3.11. The molecule has 2 aliphatic heterocycles. The van der Waals surface area contributed by atoms with E-state index < -0.39 is 15.9 Å². The number of nitrogens with zero attached hydrogens (tertiary/aromatic N) is 3. The number of carbonyl (C=O) groups is 2. The fraction of sp³-hybridized carbons (Fsp3) is 0.481. The zero-order chi connectivity index (χ0) is 26.4. The van der Waals surface area contributed by atoms with Crippen LogP contribution in [0.15, 0.2) is 48.5 Å². The van der Waals surface area contributed by atoms with Gasteiger partial charge in [-0.05, 0) is 60.7 Å². The minimum Gasteiger partial charge on any atom is -0.378 e. The Kier molecular flexibility index (Phi) is 8.71. The molecule has 0 saturated carbocycles. The van der Waals surface area contributed by atoms with E-state index in [1.165, 1.54) is 18.5 Å². The number of carbonyl (C=O) groups excluding carboxylic acids is 2. The van der Waals surface area contributed by atoms with Crippen molar-refractivity contribution in [2.24, 2.45) is 5.92 Å². The molecule has 0 radical (unpaired) electrons. The summed E-state index contributed by atoms with van der Waals surface area (Å²) in [7, 11) is -3.72. The van der Waals surface area contributed by atoms with Gasteiger partial charge in [0.15, 0.2) is 0 Å². The number of hydrogen-bond acceptors (Lipinski definition) is 6. The Balaban J connectivity index is 1.34. The van der Waals surface area contributed by atoms with Crippen LogP contribution in [0.5, 0.6) is 0 Å². The summed E-state index contributed by atoms with van der Waals surface area (Å²) >= 11 is 0. The number of sulfonamides is 1. The van der Waals surface area contributed by atoms with Crippen molar-refractivity contribution in [1.29, 1.82) is 0 Å². The van der Waals surface area contributed by atoms with Gasteiger partial charge in [-0.2, -0.15) is 0 Å². The fourth-order valence-corrected chi connectivity index (χ4v) is 5.61. The maximum atomic E-state index is 12.7. The molecular formula is C27H36N4O5S. The molecule has 1 N–H and O–H groups in total. The van der Waals surface area contributed by atoms with Gasteiger partial charge in [0.25, 0.3) is 5.91 Å². The van der Waals surface area contributed by atoms with Crippen LogP contribution >= 0.6 is 0 Å². The Bertz CT molecular complexity index is 1180. The lowest BCUT2D eigenvalue weighted by atomic mass is 9.99. The molecule has 0 bridgehead atoms. The molecule has 9 nitrogen and oxygen atoms in total. The Morgan fingerprint density at radius 3 is 2.32 bits per heavy atom. The zero-order valence-corrected chi connectivity index (χ0v) is 22.4. The van der Waals surface area contributed by atoms with E-state index in [-0.39, 0.29) is 12.5 Å². The molecular weight excluding hydrogens is 492 g/mol. The SMILES string of the molecule is CC1CCCN(c2ccc(CNC(=O)CN(c3ccc(C(=O)N4CCOCC4)cc3)S(C)(=O)=O)cc2)C1. The monoisotopic (exact) mass is 528 g/mol. The third-order valence-corrected chi connectivity index (χ3v) is 7.98. The summed E-state index contributed by atoms with van der Waals surface area (Å²) in [4.78, 5) is 29.5. The Morgan fingerprint density at radius 2 is 1.70 bits per heavy atom. The maximum absolute atomic E-state index is 12.7. The van der Waals surface area contributed by atoms with E-state index >= 15 is 0 Å². The topological polar surface area (TPSA) is 99.3 Å². The van der Waals surface area contributed by atoms with Gasteiger partial charge in [-0.15, -0.1) is 0 Å². The number of ether oxygens (including phenoxy) is 1. The van der Waals surface area contributed by atoms with Crippen molar-refractivity contribution in [2.75, 3.05) is 61.4 Å². The van der Waals surface area contributed by atoms with Crippen LogP contribution in [0.3, 0.4) is 0 Å². The first kappa shape index (κ1) is 26.9. The van der Waals surface area contributed by atoms with Crippen LogP contribution in [0, 0.1) is 5.92 Å². The van der Waals surface area contributed by atoms with Crippen molar-refractivity contribution in [3.63, 3.8) is 0 Å². The average molecular weight is 529 g/mol. The van der Waals surface area contributed by atoms with Crippen molar-refractivity contribution >= 4 is 33.2 Å². The van der Waals surface area contributed by atoms with E-state index in [2.05, 4.69) is 29.3 Å². The van der Waals surface area contributed by atoms with Gasteiger partial charge in [-0.3, -0.25) is 13.9 Å². The van der Waals surface area contributed by atoms with Crippen molar-refractivity contribution in [3.05, 3.63) is 59.7 Å². The molecule has 1 unspecified atom stereocenters. The lowest BCUT2D eigenvalue weighted by Gasteiger charge is -2.32. The minimum absolute atomic E-state index is 0.126. The molecule has 2 aromatic carbocycles. The molecule has 2 saturated heterocycles. The number of anilines is 2. The van der Waals surface area contributed by atoms with Crippen LogP contribution in [0.4, 0.5) is 11.4 Å². The summed E-state index contributed by atoms with van der Waals surface area (Å²) in [5.41, 5.74) is 2.92. The first-order chi connectivity index (χ1) is 17.7. The van der Waals surface area contributed by atoms with Crippen molar-refractivity contribution in [3.8, 4) is 0 Å². The summed E-state index contributed by atoms with van der Waals surface area (Å²) in [6.45, 7) is 6.40. The maximum Gasteiger partial charge on any atom is 0.254 e. The summed E-state index contributed by atoms with van der Waals surface area (Å²) in [5, 5.41) is 2.82. The van der Waals surface area contributed by atoms with Gasteiger partial charge in [-0.25, -0.2) is 8.42 Å². The highest BCUT2D eigenvalue weighted by molar-refractivity contribution is 7.92. The van der Waals surface area contributed by atoms with Crippen LogP contribution in [0.2, 0.25) is 0 Å². The molecule has 10 heteroatoms. The van der Waals surface area contributed by atoms with Crippen LogP contribution < -0.4 is 14.5 Å². The predicted molar refractivity (Wildman–Crippen MR) is 144 cm³/mol. The first-order valence-electron chi connectivity index (χ1n) is 12.8. The number of piperidine rings is 1. The normalized spacial score (nSPS) is 18.4. The number of amides is 2. The van der Waals surface area contributed by atoms with E-state index in [0.29, 0.717) is 50.0 Å². The van der Waals surface area contributed by atoms with Gasteiger partial charge < -0.3 is 19.9 Å². The molecule has 0 spiro atoms. The largest absolute Gasteiger partial charge is 0.378 e. The van der Waals surface area contributed by atoms with Crippen LogP contribution in [-0.2, 0) is 26.1 Å². The third-order valence-electron chi connectivity index (χ3n) is 6.84. The van der Waals surface area contributed by atoms with E-state index in [1.807, 2.05) is 12.1 Å². The number of benzene rings is 2. The number of rotatable bonds is 8. The smallest absolute Gasteiger partial charge is 0.254 e. The number of morpholine rings is 1. The summed E-state index contributed by atoms with van der Waals surface area (Å²) < 4.78 is 31.3. The quantitative estimate of drug-likeness (QED) is 0.565.